The second-order valence-corrected chi connectivity index (χ2v) is 7.96. The minimum Gasteiger partial charge on any atom is -0.317 e. The van der Waals surface area contributed by atoms with Gasteiger partial charge in [-0.2, -0.15) is 0 Å². The predicted octanol–water partition coefficient (Wildman–Crippen LogP) is 2.74. The van der Waals surface area contributed by atoms with E-state index in [0.29, 0.717) is 0 Å². The average Bonchev–Trinajstić information content (AvgIpc) is 2.43. The lowest BCUT2D eigenvalue weighted by molar-refractivity contribution is -0.0511. The van der Waals surface area contributed by atoms with Crippen molar-refractivity contribution in [3.8, 4) is 0 Å². The van der Waals surface area contributed by atoms with Gasteiger partial charge in [-0.1, -0.05) is 0 Å². The van der Waals surface area contributed by atoms with Gasteiger partial charge in [0.2, 0.25) is 0 Å². The second kappa shape index (κ2) is 5.04. The summed E-state index contributed by atoms with van der Waals surface area (Å²) in [5, 5.41) is 3.45. The van der Waals surface area contributed by atoms with Crippen molar-refractivity contribution >= 4 is 0 Å². The maximum atomic E-state index is 3.45. The van der Waals surface area contributed by atoms with Crippen LogP contribution in [-0.4, -0.2) is 37.6 Å². The van der Waals surface area contributed by atoms with Crippen LogP contribution in [0.3, 0.4) is 0 Å². The van der Waals surface area contributed by atoms with Crippen LogP contribution in [0.1, 0.15) is 44.9 Å². The molecule has 0 atom stereocenters. The number of nitrogens with zero attached hydrogens (tertiary/aromatic N) is 1. The summed E-state index contributed by atoms with van der Waals surface area (Å²) in [5.41, 5.74) is 0. The van der Waals surface area contributed by atoms with Crippen molar-refractivity contribution in [1.29, 1.82) is 0 Å². The van der Waals surface area contributed by atoms with Crippen LogP contribution in [-0.2, 0) is 0 Å². The Kier molecular flexibility index (Phi) is 3.35. The summed E-state index contributed by atoms with van der Waals surface area (Å²) in [7, 11) is 2.12. The first-order valence-corrected chi connectivity index (χ1v) is 8.71. The molecule has 0 unspecified atom stereocenters. The summed E-state index contributed by atoms with van der Waals surface area (Å²) in [6.45, 7) is 4.12. The minimum absolute atomic E-state index is 0.787. The van der Waals surface area contributed by atoms with E-state index in [1.807, 2.05) is 0 Å². The molecular formula is C17H30N2. The SMILES string of the molecule is CNC1CCN(CC2C3CC4CC(C3)CC2C4)CC1. The Bertz CT molecular complexity index is 291. The molecule has 19 heavy (non-hydrogen) atoms. The van der Waals surface area contributed by atoms with Crippen LogP contribution < -0.4 is 5.32 Å². The van der Waals surface area contributed by atoms with Gasteiger partial charge in [-0.25, -0.2) is 0 Å². The lowest BCUT2D eigenvalue weighted by Gasteiger charge is -2.55. The number of nitrogens with one attached hydrogen (secondary N) is 1. The highest BCUT2D eigenvalue weighted by Crippen LogP contribution is 2.56. The zero-order valence-electron chi connectivity index (χ0n) is 12.5. The summed E-state index contributed by atoms with van der Waals surface area (Å²) >= 11 is 0. The van der Waals surface area contributed by atoms with Crippen molar-refractivity contribution in [2.75, 3.05) is 26.7 Å². The van der Waals surface area contributed by atoms with Crippen LogP contribution in [0.5, 0.6) is 0 Å². The van der Waals surface area contributed by atoms with Gasteiger partial charge in [0.1, 0.15) is 0 Å². The Morgan fingerprint density at radius 2 is 1.47 bits per heavy atom. The molecule has 1 N–H and O–H groups in total. The molecule has 0 amide bonds. The number of piperidine rings is 1. The molecule has 108 valence electrons. The molecule has 5 fully saturated rings. The number of hydrogen-bond acceptors (Lipinski definition) is 2. The predicted molar refractivity (Wildman–Crippen MR) is 79.1 cm³/mol. The molecule has 4 aliphatic carbocycles. The third-order valence-corrected chi connectivity index (χ3v) is 6.89. The van der Waals surface area contributed by atoms with Gasteiger partial charge in [0.05, 0.1) is 0 Å². The fourth-order valence-electron chi connectivity index (χ4n) is 6.04. The first-order chi connectivity index (χ1) is 9.31. The van der Waals surface area contributed by atoms with Gasteiger partial charge < -0.3 is 10.2 Å². The first-order valence-electron chi connectivity index (χ1n) is 8.71. The Labute approximate surface area is 118 Å². The maximum absolute atomic E-state index is 3.45. The van der Waals surface area contributed by atoms with E-state index < -0.39 is 0 Å². The monoisotopic (exact) mass is 262 g/mol. The largest absolute Gasteiger partial charge is 0.317 e. The molecule has 0 aromatic heterocycles. The van der Waals surface area contributed by atoms with Crippen molar-refractivity contribution < 1.29 is 0 Å². The van der Waals surface area contributed by atoms with Gasteiger partial charge >= 0.3 is 0 Å². The molecule has 1 saturated heterocycles. The van der Waals surface area contributed by atoms with E-state index in [1.54, 1.807) is 32.1 Å². The highest BCUT2D eigenvalue weighted by atomic mass is 15.1. The van der Waals surface area contributed by atoms with Gasteiger partial charge in [-0.15, -0.1) is 0 Å². The summed E-state index contributed by atoms with van der Waals surface area (Å²) in [6.07, 6.45) is 10.7. The highest BCUT2D eigenvalue weighted by Gasteiger charge is 2.48. The molecule has 4 bridgehead atoms. The van der Waals surface area contributed by atoms with E-state index in [1.165, 1.54) is 32.5 Å². The quantitative estimate of drug-likeness (QED) is 0.841. The molecule has 4 saturated carbocycles. The lowest BCUT2D eigenvalue weighted by Crippen LogP contribution is -2.51. The summed E-state index contributed by atoms with van der Waals surface area (Å²) in [6, 6.07) is 0.787. The van der Waals surface area contributed by atoms with Crippen molar-refractivity contribution in [3.05, 3.63) is 0 Å². The molecule has 5 aliphatic rings. The second-order valence-electron chi connectivity index (χ2n) is 7.96. The smallest absolute Gasteiger partial charge is 0.00884 e. The van der Waals surface area contributed by atoms with Gasteiger partial charge in [-0.05, 0) is 94.7 Å². The van der Waals surface area contributed by atoms with Crippen LogP contribution in [0.2, 0.25) is 0 Å². The zero-order chi connectivity index (χ0) is 12.8. The van der Waals surface area contributed by atoms with Crippen molar-refractivity contribution in [2.45, 2.75) is 51.0 Å². The number of hydrogen-bond donors (Lipinski definition) is 1. The van der Waals surface area contributed by atoms with Gasteiger partial charge in [0.15, 0.2) is 0 Å². The molecule has 0 radical (unpaired) electrons. The van der Waals surface area contributed by atoms with Crippen LogP contribution in [0, 0.1) is 29.6 Å². The standard InChI is InChI=1S/C17H30N2/c1-18-16-2-4-19(5-3-16)11-17-14-7-12-6-13(9-14)10-15(17)8-12/h12-18H,2-11H2,1H3. The number of likely N-dealkylation sites (tertiary alicyclic amines) is 1. The molecule has 2 nitrogen and oxygen atoms in total. The Hall–Kier alpha value is -0.0800. The van der Waals surface area contributed by atoms with Crippen molar-refractivity contribution in [3.63, 3.8) is 0 Å². The van der Waals surface area contributed by atoms with E-state index >= 15 is 0 Å². The average molecular weight is 262 g/mol. The zero-order valence-corrected chi connectivity index (χ0v) is 12.5. The van der Waals surface area contributed by atoms with Crippen LogP contribution in [0.15, 0.2) is 0 Å². The normalized spacial score (nSPS) is 46.9. The fraction of sp³-hybridized carbons (Fsp3) is 1.00. The van der Waals surface area contributed by atoms with Gasteiger partial charge in [0, 0.05) is 12.6 Å². The molecular weight excluding hydrogens is 232 g/mol. The third-order valence-electron chi connectivity index (χ3n) is 6.89. The minimum atomic E-state index is 0.787. The Morgan fingerprint density at radius 1 is 0.895 bits per heavy atom. The van der Waals surface area contributed by atoms with E-state index in [4.69, 9.17) is 0 Å². The molecule has 1 heterocycles. The van der Waals surface area contributed by atoms with E-state index in [-0.39, 0.29) is 0 Å². The van der Waals surface area contributed by atoms with E-state index in [9.17, 15) is 0 Å². The molecule has 0 spiro atoms. The Morgan fingerprint density at radius 3 is 2.00 bits per heavy atom. The number of rotatable bonds is 3. The maximum Gasteiger partial charge on any atom is 0.00884 e. The van der Waals surface area contributed by atoms with E-state index in [0.717, 1.165) is 35.6 Å². The Balaban J connectivity index is 1.36. The first kappa shape index (κ1) is 12.6. The molecule has 2 heteroatoms. The third kappa shape index (κ3) is 2.35. The molecule has 5 rings (SSSR count). The van der Waals surface area contributed by atoms with Crippen LogP contribution >= 0.6 is 0 Å². The van der Waals surface area contributed by atoms with Gasteiger partial charge in [0.25, 0.3) is 0 Å². The fourth-order valence-corrected chi connectivity index (χ4v) is 6.04. The van der Waals surface area contributed by atoms with Gasteiger partial charge in [-0.3, -0.25) is 0 Å². The van der Waals surface area contributed by atoms with Crippen molar-refractivity contribution in [2.24, 2.45) is 29.6 Å². The summed E-state index contributed by atoms with van der Waals surface area (Å²) in [5.74, 6) is 5.55. The lowest BCUT2D eigenvalue weighted by atomic mass is 9.52. The van der Waals surface area contributed by atoms with E-state index in [2.05, 4.69) is 17.3 Å². The molecule has 1 aliphatic heterocycles. The van der Waals surface area contributed by atoms with Crippen LogP contribution in [0.25, 0.3) is 0 Å². The van der Waals surface area contributed by atoms with Crippen LogP contribution in [0.4, 0.5) is 0 Å². The molecule has 0 aromatic rings. The molecule has 0 aromatic carbocycles. The summed E-state index contributed by atoms with van der Waals surface area (Å²) in [4.78, 5) is 2.79. The topological polar surface area (TPSA) is 15.3 Å². The van der Waals surface area contributed by atoms with Crippen molar-refractivity contribution in [1.82, 2.24) is 10.2 Å². The summed E-state index contributed by atoms with van der Waals surface area (Å²) < 4.78 is 0. The highest BCUT2D eigenvalue weighted by molar-refractivity contribution is 4.99.